The zero-order valence-electron chi connectivity index (χ0n) is 15.8. The van der Waals surface area contributed by atoms with Gasteiger partial charge in [0, 0.05) is 13.1 Å². The quantitative estimate of drug-likeness (QED) is 0.770. The number of aryl methyl sites for hydroxylation is 1. The van der Waals surface area contributed by atoms with Gasteiger partial charge in [0.25, 0.3) is 0 Å². The molecule has 3 rings (SSSR count). The minimum atomic E-state index is -3.42. The van der Waals surface area contributed by atoms with Crippen molar-refractivity contribution in [2.45, 2.75) is 63.5 Å². The summed E-state index contributed by atoms with van der Waals surface area (Å²) in [6, 6.07) is 7.05. The lowest BCUT2D eigenvalue weighted by molar-refractivity contribution is 0.00578. The van der Waals surface area contributed by atoms with Crippen molar-refractivity contribution in [3.63, 3.8) is 0 Å². The first kappa shape index (κ1) is 18.9. The molecule has 2 fully saturated rings. The zero-order chi connectivity index (χ0) is 18.5. The summed E-state index contributed by atoms with van der Waals surface area (Å²) in [5, 5.41) is 0. The third kappa shape index (κ3) is 3.65. The third-order valence-electron chi connectivity index (χ3n) is 5.74. The summed E-state index contributed by atoms with van der Waals surface area (Å²) in [6.07, 6.45) is 1.57. The summed E-state index contributed by atoms with van der Waals surface area (Å²) in [4.78, 5) is 0.370. The van der Waals surface area contributed by atoms with E-state index in [0.29, 0.717) is 18.0 Å². The Balaban J connectivity index is 1.63. The Morgan fingerprint density at radius 3 is 2.24 bits per heavy atom. The topological polar surface area (TPSA) is 55.8 Å². The van der Waals surface area contributed by atoms with Gasteiger partial charge in [-0.2, -0.15) is 4.31 Å². The van der Waals surface area contributed by atoms with Crippen molar-refractivity contribution < 1.29 is 17.7 Å². The first-order chi connectivity index (χ1) is 11.5. The summed E-state index contributed by atoms with van der Waals surface area (Å²) in [6.45, 7) is 11.2. The highest BCUT2D eigenvalue weighted by atomic mass is 32.2. The average molecular weight is 365 g/mol. The van der Waals surface area contributed by atoms with Crippen molar-refractivity contribution in [2.24, 2.45) is 5.92 Å². The molecule has 0 aromatic heterocycles. The highest BCUT2D eigenvalue weighted by Gasteiger charge is 2.51. The summed E-state index contributed by atoms with van der Waals surface area (Å²) in [5.74, 6) is 0.259. The molecule has 7 heteroatoms. The molecule has 0 spiro atoms. The van der Waals surface area contributed by atoms with Crippen molar-refractivity contribution in [1.29, 1.82) is 0 Å². The van der Waals surface area contributed by atoms with E-state index in [0.717, 1.165) is 18.3 Å². The molecule has 2 heterocycles. The molecule has 1 aromatic carbocycles. The van der Waals surface area contributed by atoms with Gasteiger partial charge < -0.3 is 9.31 Å². The molecular formula is C18H28BNO4S. The van der Waals surface area contributed by atoms with Crippen LogP contribution in [0.4, 0.5) is 0 Å². The van der Waals surface area contributed by atoms with E-state index in [2.05, 4.69) is 0 Å². The van der Waals surface area contributed by atoms with E-state index in [1.54, 1.807) is 16.4 Å². The molecule has 5 nitrogen and oxygen atoms in total. The Labute approximate surface area is 151 Å². The molecule has 0 radical (unpaired) electrons. The number of nitrogens with zero attached hydrogens (tertiary/aromatic N) is 1. The van der Waals surface area contributed by atoms with Gasteiger partial charge in [0.15, 0.2) is 0 Å². The third-order valence-corrected chi connectivity index (χ3v) is 7.61. The molecule has 0 aliphatic carbocycles. The molecule has 1 atom stereocenters. The monoisotopic (exact) mass is 365 g/mol. The number of hydrogen-bond acceptors (Lipinski definition) is 4. The molecule has 2 aliphatic rings. The average Bonchev–Trinajstić information content (AvgIpc) is 3.02. The molecule has 2 saturated heterocycles. The molecule has 0 N–H and O–H groups in total. The van der Waals surface area contributed by atoms with Crippen LogP contribution in [0.5, 0.6) is 0 Å². The maximum atomic E-state index is 12.8. The molecule has 0 amide bonds. The zero-order valence-corrected chi connectivity index (χ0v) is 16.6. The van der Waals surface area contributed by atoms with Crippen LogP contribution in [-0.4, -0.2) is 44.1 Å². The fourth-order valence-corrected chi connectivity index (χ4v) is 4.93. The summed E-state index contributed by atoms with van der Waals surface area (Å²) in [5.41, 5.74) is 0.368. The second-order valence-corrected chi connectivity index (χ2v) is 10.2. The minimum absolute atomic E-state index is 0.259. The summed E-state index contributed by atoms with van der Waals surface area (Å²) >= 11 is 0. The first-order valence-corrected chi connectivity index (χ1v) is 10.4. The van der Waals surface area contributed by atoms with Crippen LogP contribution in [0.15, 0.2) is 29.2 Å². The molecular weight excluding hydrogens is 337 g/mol. The molecule has 25 heavy (non-hydrogen) atoms. The molecule has 2 aliphatic heterocycles. The van der Waals surface area contributed by atoms with Crippen LogP contribution in [0.1, 0.15) is 39.7 Å². The van der Waals surface area contributed by atoms with Crippen LogP contribution in [0.25, 0.3) is 0 Å². The predicted octanol–water partition coefficient (Wildman–Crippen LogP) is 3.10. The minimum Gasteiger partial charge on any atom is -0.403 e. The SMILES string of the molecule is Cc1ccc(S(=O)(=O)N2CCC(CB3OC(C)(C)C(C)(C)O3)C2)cc1. The molecule has 1 aromatic rings. The normalized spacial score (nSPS) is 26.3. The molecule has 1 unspecified atom stereocenters. The van der Waals surface area contributed by atoms with E-state index in [4.69, 9.17) is 9.31 Å². The lowest BCUT2D eigenvalue weighted by Crippen LogP contribution is -2.41. The summed E-state index contributed by atoms with van der Waals surface area (Å²) in [7, 11) is -3.68. The Kier molecular flexibility index (Phi) is 4.82. The Morgan fingerprint density at radius 2 is 1.68 bits per heavy atom. The van der Waals surface area contributed by atoms with Crippen LogP contribution in [0.3, 0.4) is 0 Å². The van der Waals surface area contributed by atoms with Gasteiger partial charge in [0.05, 0.1) is 16.1 Å². The van der Waals surface area contributed by atoms with Crippen molar-refractivity contribution in [2.75, 3.05) is 13.1 Å². The Bertz CT molecular complexity index is 714. The maximum absolute atomic E-state index is 12.8. The van der Waals surface area contributed by atoms with Crippen LogP contribution >= 0.6 is 0 Å². The van der Waals surface area contributed by atoms with Gasteiger partial charge in [-0.25, -0.2) is 8.42 Å². The Morgan fingerprint density at radius 1 is 1.12 bits per heavy atom. The van der Waals surface area contributed by atoms with Crippen LogP contribution in [0.2, 0.25) is 6.32 Å². The van der Waals surface area contributed by atoms with Gasteiger partial charge in [-0.15, -0.1) is 0 Å². The van der Waals surface area contributed by atoms with Gasteiger partial charge in [0.1, 0.15) is 0 Å². The van der Waals surface area contributed by atoms with Gasteiger partial charge in [-0.05, 0) is 65.4 Å². The lowest BCUT2D eigenvalue weighted by Gasteiger charge is -2.32. The van der Waals surface area contributed by atoms with E-state index in [1.165, 1.54) is 0 Å². The largest absolute Gasteiger partial charge is 0.458 e. The van der Waals surface area contributed by atoms with Gasteiger partial charge in [-0.3, -0.25) is 0 Å². The van der Waals surface area contributed by atoms with Gasteiger partial charge in [-0.1, -0.05) is 17.7 Å². The van der Waals surface area contributed by atoms with Gasteiger partial charge in [0.2, 0.25) is 10.0 Å². The highest BCUT2D eigenvalue weighted by Crippen LogP contribution is 2.39. The smallest absolute Gasteiger partial charge is 0.403 e. The van der Waals surface area contributed by atoms with E-state index in [9.17, 15) is 8.42 Å². The van der Waals surface area contributed by atoms with E-state index in [-0.39, 0.29) is 24.2 Å². The molecule has 0 bridgehead atoms. The van der Waals surface area contributed by atoms with Gasteiger partial charge >= 0.3 is 7.12 Å². The predicted molar refractivity (Wildman–Crippen MR) is 98.9 cm³/mol. The standard InChI is InChI=1S/C18H28BNO4S/c1-14-6-8-16(9-7-14)25(21,22)20-11-10-15(13-20)12-19-23-17(2,3)18(4,5)24-19/h6-9,15H,10-13H2,1-5H3. The van der Waals surface area contributed by atoms with Crippen LogP contribution in [-0.2, 0) is 19.3 Å². The fraction of sp³-hybridized carbons (Fsp3) is 0.667. The molecule has 138 valence electrons. The first-order valence-electron chi connectivity index (χ1n) is 8.94. The van der Waals surface area contributed by atoms with Crippen molar-refractivity contribution in [3.05, 3.63) is 29.8 Å². The summed E-state index contributed by atoms with van der Waals surface area (Å²) < 4.78 is 39.3. The van der Waals surface area contributed by atoms with Crippen molar-refractivity contribution in [1.82, 2.24) is 4.31 Å². The van der Waals surface area contributed by atoms with E-state index in [1.807, 2.05) is 46.8 Å². The van der Waals surface area contributed by atoms with E-state index >= 15 is 0 Å². The second-order valence-electron chi connectivity index (χ2n) is 8.25. The number of benzene rings is 1. The number of rotatable bonds is 4. The van der Waals surface area contributed by atoms with Crippen LogP contribution < -0.4 is 0 Å². The number of sulfonamides is 1. The second kappa shape index (κ2) is 6.37. The lowest BCUT2D eigenvalue weighted by atomic mass is 9.77. The van der Waals surface area contributed by atoms with Crippen molar-refractivity contribution >= 4 is 17.1 Å². The number of hydrogen-bond donors (Lipinski definition) is 0. The Hall–Kier alpha value is -0.885. The highest BCUT2D eigenvalue weighted by molar-refractivity contribution is 7.89. The molecule has 0 saturated carbocycles. The van der Waals surface area contributed by atoms with Crippen molar-refractivity contribution in [3.8, 4) is 0 Å². The fourth-order valence-electron chi connectivity index (χ4n) is 3.40. The van der Waals surface area contributed by atoms with Crippen LogP contribution in [0, 0.1) is 12.8 Å². The maximum Gasteiger partial charge on any atom is 0.458 e. The van der Waals surface area contributed by atoms with E-state index < -0.39 is 10.0 Å².